The Morgan fingerprint density at radius 2 is 1.44 bits per heavy atom. The van der Waals surface area contributed by atoms with Gasteiger partial charge in [-0.3, -0.25) is 0 Å². The van der Waals surface area contributed by atoms with Crippen LogP contribution in [0.25, 0.3) is 0 Å². The van der Waals surface area contributed by atoms with Crippen molar-refractivity contribution in [3.05, 3.63) is 0 Å². The summed E-state index contributed by atoms with van der Waals surface area (Å²) < 4.78 is 6.35. The van der Waals surface area contributed by atoms with Crippen molar-refractivity contribution in [1.29, 1.82) is 0 Å². The van der Waals surface area contributed by atoms with Gasteiger partial charge in [0.15, 0.2) is 0 Å². The van der Waals surface area contributed by atoms with Crippen LogP contribution in [0.1, 0.15) is 64.2 Å². The molecule has 94 valence electrons. The number of hydrogen-bond donors (Lipinski definition) is 1. The summed E-state index contributed by atoms with van der Waals surface area (Å²) in [7, 11) is 2.09. The van der Waals surface area contributed by atoms with E-state index in [0.29, 0.717) is 18.2 Å². The Labute approximate surface area is 100 Å². The molecule has 0 amide bonds. The minimum Gasteiger partial charge on any atom is -0.373 e. The van der Waals surface area contributed by atoms with Crippen molar-refractivity contribution in [1.82, 2.24) is 5.32 Å². The Morgan fingerprint density at radius 3 is 2.12 bits per heavy atom. The van der Waals surface area contributed by atoms with Gasteiger partial charge in [-0.05, 0) is 32.7 Å². The first-order valence-electron chi connectivity index (χ1n) is 7.23. The summed E-state index contributed by atoms with van der Waals surface area (Å²) in [4.78, 5) is 0. The molecule has 2 fully saturated rings. The van der Waals surface area contributed by atoms with Crippen LogP contribution in [-0.2, 0) is 4.74 Å². The van der Waals surface area contributed by atoms with Gasteiger partial charge >= 0.3 is 0 Å². The summed E-state index contributed by atoms with van der Waals surface area (Å²) >= 11 is 0. The molecule has 16 heavy (non-hydrogen) atoms. The fourth-order valence-corrected chi connectivity index (χ4v) is 3.22. The summed E-state index contributed by atoms with van der Waals surface area (Å²) in [6.07, 6.45) is 14.5. The Hall–Kier alpha value is -0.0800. The molecule has 2 saturated carbocycles. The lowest BCUT2D eigenvalue weighted by atomic mass is 9.97. The minimum atomic E-state index is 0.482. The Kier molecular flexibility index (Phi) is 5.11. The summed E-state index contributed by atoms with van der Waals surface area (Å²) in [6, 6.07) is 0.601. The number of nitrogens with one attached hydrogen (secondary N) is 1. The second kappa shape index (κ2) is 6.61. The summed E-state index contributed by atoms with van der Waals surface area (Å²) in [6.45, 7) is 0. The molecule has 2 unspecified atom stereocenters. The van der Waals surface area contributed by atoms with E-state index in [1.807, 2.05) is 0 Å². The molecule has 2 heteroatoms. The molecule has 2 atom stereocenters. The molecule has 0 aromatic rings. The summed E-state index contributed by atoms with van der Waals surface area (Å²) in [5.74, 6) is 0. The van der Waals surface area contributed by atoms with E-state index in [1.165, 1.54) is 64.2 Å². The molecule has 2 aliphatic rings. The van der Waals surface area contributed by atoms with Gasteiger partial charge in [-0.1, -0.05) is 38.5 Å². The van der Waals surface area contributed by atoms with Gasteiger partial charge in [0.25, 0.3) is 0 Å². The topological polar surface area (TPSA) is 21.3 Å². The van der Waals surface area contributed by atoms with Crippen LogP contribution in [0, 0.1) is 0 Å². The molecule has 2 nitrogen and oxygen atoms in total. The predicted octanol–water partition coefficient (Wildman–Crippen LogP) is 3.26. The van der Waals surface area contributed by atoms with Gasteiger partial charge < -0.3 is 10.1 Å². The number of likely N-dealkylation sites (N-methyl/N-ethyl adjacent to an activating group) is 1. The van der Waals surface area contributed by atoms with E-state index in [1.54, 1.807) is 0 Å². The molecular formula is C14H27NO. The lowest BCUT2D eigenvalue weighted by molar-refractivity contribution is -0.0483. The number of hydrogen-bond acceptors (Lipinski definition) is 2. The zero-order valence-corrected chi connectivity index (χ0v) is 10.7. The van der Waals surface area contributed by atoms with Crippen LogP contribution >= 0.6 is 0 Å². The van der Waals surface area contributed by atoms with Crippen LogP contribution in [0.4, 0.5) is 0 Å². The minimum absolute atomic E-state index is 0.482. The lowest BCUT2D eigenvalue weighted by Crippen LogP contribution is -2.41. The zero-order chi connectivity index (χ0) is 11.2. The highest BCUT2D eigenvalue weighted by molar-refractivity contribution is 4.81. The average Bonchev–Trinajstić information content (AvgIpc) is 2.55. The van der Waals surface area contributed by atoms with E-state index in [0.717, 1.165) is 0 Å². The fraction of sp³-hybridized carbons (Fsp3) is 1.00. The SMILES string of the molecule is CNC1CCCCCC1OC1CCCCC1. The standard InChI is InChI=1S/C14H27NO/c1-15-13-10-6-3-7-11-14(13)16-12-8-4-2-5-9-12/h12-15H,2-11H2,1H3. The number of ether oxygens (including phenoxy) is 1. The Balaban J connectivity index is 1.83. The molecule has 0 heterocycles. The van der Waals surface area contributed by atoms with Crippen LogP contribution in [0.2, 0.25) is 0 Å². The first-order valence-corrected chi connectivity index (χ1v) is 7.23. The third-order valence-corrected chi connectivity index (χ3v) is 4.24. The van der Waals surface area contributed by atoms with Crippen molar-refractivity contribution in [2.75, 3.05) is 7.05 Å². The quantitative estimate of drug-likeness (QED) is 0.744. The highest BCUT2D eigenvalue weighted by Crippen LogP contribution is 2.26. The van der Waals surface area contributed by atoms with E-state index < -0.39 is 0 Å². The molecular weight excluding hydrogens is 198 g/mol. The van der Waals surface area contributed by atoms with Crippen molar-refractivity contribution < 1.29 is 4.74 Å². The van der Waals surface area contributed by atoms with Crippen molar-refractivity contribution in [2.45, 2.75) is 82.5 Å². The molecule has 1 N–H and O–H groups in total. The van der Waals surface area contributed by atoms with Gasteiger partial charge in [0.2, 0.25) is 0 Å². The van der Waals surface area contributed by atoms with Crippen LogP contribution in [0.15, 0.2) is 0 Å². The molecule has 0 bridgehead atoms. The fourth-order valence-electron chi connectivity index (χ4n) is 3.22. The van der Waals surface area contributed by atoms with Crippen molar-refractivity contribution in [3.63, 3.8) is 0 Å². The smallest absolute Gasteiger partial charge is 0.0731 e. The van der Waals surface area contributed by atoms with Crippen LogP contribution in [0.5, 0.6) is 0 Å². The molecule has 0 aliphatic heterocycles. The molecule has 0 aromatic heterocycles. The third kappa shape index (κ3) is 3.46. The van der Waals surface area contributed by atoms with E-state index in [2.05, 4.69) is 12.4 Å². The molecule has 0 aromatic carbocycles. The first kappa shape index (κ1) is 12.4. The second-order valence-electron chi connectivity index (χ2n) is 5.47. The highest BCUT2D eigenvalue weighted by Gasteiger charge is 2.26. The van der Waals surface area contributed by atoms with Gasteiger partial charge in [0.1, 0.15) is 0 Å². The average molecular weight is 225 g/mol. The molecule has 0 saturated heterocycles. The van der Waals surface area contributed by atoms with Gasteiger partial charge in [-0.2, -0.15) is 0 Å². The van der Waals surface area contributed by atoms with E-state index in [9.17, 15) is 0 Å². The predicted molar refractivity (Wildman–Crippen MR) is 67.7 cm³/mol. The summed E-state index contributed by atoms with van der Waals surface area (Å²) in [5, 5.41) is 3.46. The van der Waals surface area contributed by atoms with Gasteiger partial charge in [-0.25, -0.2) is 0 Å². The molecule has 0 spiro atoms. The third-order valence-electron chi connectivity index (χ3n) is 4.24. The molecule has 2 rings (SSSR count). The number of rotatable bonds is 3. The largest absolute Gasteiger partial charge is 0.373 e. The molecule has 2 aliphatic carbocycles. The van der Waals surface area contributed by atoms with Crippen molar-refractivity contribution in [3.8, 4) is 0 Å². The van der Waals surface area contributed by atoms with Gasteiger partial charge in [-0.15, -0.1) is 0 Å². The van der Waals surface area contributed by atoms with Crippen LogP contribution < -0.4 is 5.32 Å². The van der Waals surface area contributed by atoms with Gasteiger partial charge in [0, 0.05) is 6.04 Å². The van der Waals surface area contributed by atoms with Crippen LogP contribution in [-0.4, -0.2) is 25.3 Å². The zero-order valence-electron chi connectivity index (χ0n) is 10.7. The Bertz CT molecular complexity index is 189. The van der Waals surface area contributed by atoms with Crippen molar-refractivity contribution in [2.24, 2.45) is 0 Å². The monoisotopic (exact) mass is 225 g/mol. The normalized spacial score (nSPS) is 33.6. The van der Waals surface area contributed by atoms with E-state index >= 15 is 0 Å². The summed E-state index contributed by atoms with van der Waals surface area (Å²) in [5.41, 5.74) is 0. The van der Waals surface area contributed by atoms with E-state index in [-0.39, 0.29) is 0 Å². The lowest BCUT2D eigenvalue weighted by Gasteiger charge is -2.31. The van der Waals surface area contributed by atoms with Gasteiger partial charge in [0.05, 0.1) is 12.2 Å². The maximum atomic E-state index is 6.35. The van der Waals surface area contributed by atoms with Crippen molar-refractivity contribution >= 4 is 0 Å². The van der Waals surface area contributed by atoms with Crippen LogP contribution in [0.3, 0.4) is 0 Å². The highest BCUT2D eigenvalue weighted by atomic mass is 16.5. The molecule has 0 radical (unpaired) electrons. The Morgan fingerprint density at radius 1 is 0.812 bits per heavy atom. The van der Waals surface area contributed by atoms with E-state index in [4.69, 9.17) is 4.74 Å². The maximum Gasteiger partial charge on any atom is 0.0731 e. The second-order valence-corrected chi connectivity index (χ2v) is 5.47. The first-order chi connectivity index (χ1) is 7.90. The maximum absolute atomic E-state index is 6.35.